The zero-order chi connectivity index (χ0) is 36.6. The van der Waals surface area contributed by atoms with E-state index in [-0.39, 0.29) is 6.04 Å². The van der Waals surface area contributed by atoms with Gasteiger partial charge < -0.3 is 21.0 Å². The van der Waals surface area contributed by atoms with Crippen molar-refractivity contribution in [3.63, 3.8) is 0 Å². The molecule has 0 bridgehead atoms. The Morgan fingerprint density at radius 1 is 0.642 bits per heavy atom. The summed E-state index contributed by atoms with van der Waals surface area (Å²) in [6.07, 6.45) is 10.4. The predicted octanol–water partition coefficient (Wildman–Crippen LogP) is 11.9. The number of nitrogens with one attached hydrogen (secondary N) is 3. The maximum Gasteiger partial charge on any atom is 0.150 e. The van der Waals surface area contributed by atoms with E-state index in [1.165, 1.54) is 58.4 Å². The summed E-state index contributed by atoms with van der Waals surface area (Å²) in [5, 5.41) is 12.5. The van der Waals surface area contributed by atoms with Gasteiger partial charge in [-0.05, 0) is 119 Å². The maximum atomic E-state index is 10.6. The summed E-state index contributed by atoms with van der Waals surface area (Å²) in [5.74, 6) is 1.74. The number of halogens is 2. The van der Waals surface area contributed by atoms with Crippen LogP contribution >= 0.6 is 23.2 Å². The van der Waals surface area contributed by atoms with Gasteiger partial charge in [-0.2, -0.15) is 0 Å². The molecule has 2 aliphatic carbocycles. The van der Waals surface area contributed by atoms with Gasteiger partial charge in [0.25, 0.3) is 0 Å². The second kappa shape index (κ2) is 17.3. The average Bonchev–Trinajstić information content (AvgIpc) is 4.13. The molecule has 2 aliphatic rings. The molecule has 2 saturated carbocycles. The molecule has 2 fully saturated rings. The lowest BCUT2D eigenvalue weighted by Gasteiger charge is -2.21. The Kier molecular flexibility index (Phi) is 11.9. The van der Waals surface area contributed by atoms with Crippen LogP contribution in [-0.2, 0) is 0 Å². The van der Waals surface area contributed by atoms with Gasteiger partial charge in [-0.15, -0.1) is 0 Å². The van der Waals surface area contributed by atoms with Gasteiger partial charge in [0.1, 0.15) is 0 Å². The number of benzene rings is 6. The Morgan fingerprint density at radius 2 is 1.28 bits per heavy atom. The van der Waals surface area contributed by atoms with E-state index in [0.29, 0.717) is 0 Å². The van der Waals surface area contributed by atoms with Crippen LogP contribution in [0.5, 0.6) is 0 Å². The van der Waals surface area contributed by atoms with Crippen molar-refractivity contribution in [3.8, 4) is 0 Å². The number of carbonyl (C=O) groups is 1. The Labute approximate surface area is 320 Å². The number of H-pyrrole nitrogens is 2. The molecule has 2 heterocycles. The Bertz CT molecular complexity index is 2430. The first-order valence-electron chi connectivity index (χ1n) is 18.3. The fourth-order valence-electron chi connectivity index (χ4n) is 6.58. The normalized spacial score (nSPS) is 14.1. The highest BCUT2D eigenvalue weighted by molar-refractivity contribution is 6.31. The quantitative estimate of drug-likeness (QED) is 0.123. The van der Waals surface area contributed by atoms with Crippen LogP contribution in [0.4, 0.5) is 0 Å². The first kappa shape index (κ1) is 36.4. The van der Waals surface area contributed by atoms with Crippen molar-refractivity contribution >= 4 is 72.8 Å². The SMILES string of the molecule is Clc1ccc2c(C(NCC3CC3)c3cccc4ccccc34)c[nH]c2c1.Clc1ccc2cc[nH]c2c1.NCC1CC1.O=Cc1cccc2ccccc12. The molecule has 2 aromatic heterocycles. The third kappa shape index (κ3) is 9.37. The monoisotopic (exact) mass is 738 g/mol. The van der Waals surface area contributed by atoms with Gasteiger partial charge in [-0.25, -0.2) is 0 Å². The standard InChI is InChI=1S/C23H21ClN2.C11H8O.C8H6ClN.C4H9N/c24-17-10-11-19-21(14-25-22(19)12-17)23(26-13-15-8-9-15)20-7-3-5-16-4-1-2-6-18(16)20;12-8-10-6-3-5-9-4-1-2-7-11(9)10;9-7-2-1-6-3-4-10-8(6)5-7;5-3-4-1-2-4/h1-7,10-12,14-15,23,25-26H,8-9,13H2;1-8H;1-5,10H;4H,1-3,5H2. The summed E-state index contributed by atoms with van der Waals surface area (Å²) in [5.41, 5.74) is 10.8. The number of aromatic nitrogens is 2. The number of nitrogens with two attached hydrogens (primary N) is 1. The molecule has 5 N–H and O–H groups in total. The number of aldehydes is 1. The Morgan fingerprint density at radius 3 is 1.98 bits per heavy atom. The van der Waals surface area contributed by atoms with Gasteiger partial charge in [0.05, 0.1) is 6.04 Å². The number of carbonyl (C=O) groups excluding carboxylic acids is 1. The third-order valence-electron chi connectivity index (χ3n) is 9.93. The van der Waals surface area contributed by atoms with Crippen LogP contribution in [-0.4, -0.2) is 29.3 Å². The van der Waals surface area contributed by atoms with E-state index >= 15 is 0 Å². The summed E-state index contributed by atoms with van der Waals surface area (Å²) in [4.78, 5) is 17.1. The van der Waals surface area contributed by atoms with Gasteiger partial charge in [-0.3, -0.25) is 4.79 Å². The first-order chi connectivity index (χ1) is 26.0. The summed E-state index contributed by atoms with van der Waals surface area (Å²) in [6, 6.07) is 42.9. The van der Waals surface area contributed by atoms with E-state index in [1.54, 1.807) is 0 Å². The van der Waals surface area contributed by atoms with Crippen LogP contribution in [0.25, 0.3) is 43.4 Å². The minimum atomic E-state index is 0.164. The van der Waals surface area contributed by atoms with Crippen LogP contribution in [0.2, 0.25) is 10.0 Å². The van der Waals surface area contributed by atoms with E-state index in [2.05, 4.69) is 70.0 Å². The Balaban J connectivity index is 0.000000132. The topological polar surface area (TPSA) is 86.7 Å². The number of hydrogen-bond donors (Lipinski definition) is 4. The molecule has 268 valence electrons. The average molecular weight is 740 g/mol. The molecule has 0 amide bonds. The van der Waals surface area contributed by atoms with Crippen molar-refractivity contribution < 1.29 is 4.79 Å². The molecule has 0 aliphatic heterocycles. The highest BCUT2D eigenvalue weighted by atomic mass is 35.5. The molecule has 0 saturated heterocycles. The van der Waals surface area contributed by atoms with Gasteiger partial charge in [0, 0.05) is 44.4 Å². The van der Waals surface area contributed by atoms with Crippen molar-refractivity contribution in [2.24, 2.45) is 17.6 Å². The molecule has 10 rings (SSSR count). The van der Waals surface area contributed by atoms with Crippen LogP contribution in [0, 0.1) is 11.8 Å². The second-order valence-electron chi connectivity index (χ2n) is 13.9. The fraction of sp³-hybridized carbons (Fsp3) is 0.196. The minimum Gasteiger partial charge on any atom is -0.361 e. The van der Waals surface area contributed by atoms with Crippen LogP contribution in [0.15, 0.2) is 140 Å². The first-order valence-corrected chi connectivity index (χ1v) is 19.1. The number of rotatable bonds is 7. The number of aromatic amines is 2. The van der Waals surface area contributed by atoms with E-state index in [4.69, 9.17) is 28.9 Å². The minimum absolute atomic E-state index is 0.164. The van der Waals surface area contributed by atoms with E-state index < -0.39 is 0 Å². The predicted molar refractivity (Wildman–Crippen MR) is 224 cm³/mol. The summed E-state index contributed by atoms with van der Waals surface area (Å²) >= 11 is 11.9. The molecule has 1 atom stereocenters. The van der Waals surface area contributed by atoms with E-state index in [9.17, 15) is 4.79 Å². The van der Waals surface area contributed by atoms with Crippen molar-refractivity contribution in [1.29, 1.82) is 0 Å². The van der Waals surface area contributed by atoms with E-state index in [0.717, 1.165) is 68.6 Å². The zero-order valence-electron chi connectivity index (χ0n) is 29.6. The van der Waals surface area contributed by atoms with Crippen molar-refractivity contribution in [2.45, 2.75) is 31.7 Å². The number of hydrogen-bond acceptors (Lipinski definition) is 3. The molecule has 5 nitrogen and oxygen atoms in total. The molecule has 6 aromatic carbocycles. The lowest BCUT2D eigenvalue weighted by atomic mass is 9.93. The van der Waals surface area contributed by atoms with Crippen molar-refractivity contribution in [3.05, 3.63) is 167 Å². The molecular weight excluding hydrogens is 695 g/mol. The lowest BCUT2D eigenvalue weighted by Crippen LogP contribution is -2.24. The lowest BCUT2D eigenvalue weighted by molar-refractivity contribution is 0.112. The summed E-state index contributed by atoms with van der Waals surface area (Å²) < 4.78 is 0. The van der Waals surface area contributed by atoms with Gasteiger partial charge in [-0.1, -0.05) is 120 Å². The summed E-state index contributed by atoms with van der Waals surface area (Å²) in [7, 11) is 0. The fourth-order valence-corrected chi connectivity index (χ4v) is 6.93. The second-order valence-corrected chi connectivity index (χ2v) is 14.7. The molecule has 0 spiro atoms. The molecule has 0 radical (unpaired) electrons. The number of fused-ring (bicyclic) bond motifs is 4. The molecule has 53 heavy (non-hydrogen) atoms. The molecule has 1 unspecified atom stereocenters. The Hall–Kier alpha value is -4.91. The van der Waals surface area contributed by atoms with Crippen molar-refractivity contribution in [1.82, 2.24) is 15.3 Å². The van der Waals surface area contributed by atoms with Crippen LogP contribution in [0.1, 0.15) is 53.2 Å². The highest BCUT2D eigenvalue weighted by Gasteiger charge is 2.25. The largest absolute Gasteiger partial charge is 0.361 e. The van der Waals surface area contributed by atoms with Gasteiger partial charge in [0.15, 0.2) is 6.29 Å². The van der Waals surface area contributed by atoms with Gasteiger partial charge >= 0.3 is 0 Å². The smallest absolute Gasteiger partial charge is 0.150 e. The molecular formula is C46H44Cl2N4O. The third-order valence-corrected chi connectivity index (χ3v) is 10.4. The summed E-state index contributed by atoms with van der Waals surface area (Å²) in [6.45, 7) is 1.98. The highest BCUT2D eigenvalue weighted by Crippen LogP contribution is 2.36. The van der Waals surface area contributed by atoms with E-state index in [1.807, 2.05) is 85.1 Å². The maximum absolute atomic E-state index is 10.6. The van der Waals surface area contributed by atoms with Crippen LogP contribution in [0.3, 0.4) is 0 Å². The molecule has 8 aromatic rings. The van der Waals surface area contributed by atoms with Gasteiger partial charge in [0.2, 0.25) is 0 Å². The van der Waals surface area contributed by atoms with Crippen LogP contribution < -0.4 is 11.1 Å². The zero-order valence-corrected chi connectivity index (χ0v) is 31.1. The van der Waals surface area contributed by atoms with Crippen molar-refractivity contribution in [2.75, 3.05) is 13.1 Å². The molecule has 7 heteroatoms.